The zero-order valence-corrected chi connectivity index (χ0v) is 12.0. The number of thiol groups is 1. The molecule has 0 unspecified atom stereocenters. The van der Waals surface area contributed by atoms with Crippen molar-refractivity contribution in [3.63, 3.8) is 0 Å². The number of rotatable bonds is 3. The second-order valence-electron chi connectivity index (χ2n) is 6.09. The molecule has 1 aromatic carbocycles. The first-order valence-electron chi connectivity index (χ1n) is 7.21. The molecule has 0 saturated heterocycles. The Balaban J connectivity index is 1.69. The number of hydrogen-bond acceptors (Lipinski definition) is 2. The van der Waals surface area contributed by atoms with E-state index in [1.54, 1.807) is 5.56 Å². The zero-order chi connectivity index (χ0) is 12.4. The van der Waals surface area contributed by atoms with E-state index in [0.717, 1.165) is 12.3 Å². The van der Waals surface area contributed by atoms with Crippen LogP contribution >= 0.6 is 12.6 Å². The van der Waals surface area contributed by atoms with E-state index >= 15 is 0 Å². The summed E-state index contributed by atoms with van der Waals surface area (Å²) in [7, 11) is 0. The smallest absolute Gasteiger partial charge is 0.0236 e. The second-order valence-corrected chi connectivity index (χ2v) is 6.41. The van der Waals surface area contributed by atoms with E-state index in [1.165, 1.54) is 50.8 Å². The van der Waals surface area contributed by atoms with Gasteiger partial charge >= 0.3 is 0 Å². The van der Waals surface area contributed by atoms with Crippen LogP contribution in [0, 0.1) is 5.41 Å². The van der Waals surface area contributed by atoms with E-state index in [4.69, 9.17) is 0 Å². The summed E-state index contributed by atoms with van der Waals surface area (Å²) in [6.07, 6.45) is 6.80. The maximum atomic E-state index is 4.63. The maximum Gasteiger partial charge on any atom is 0.0236 e. The first kappa shape index (κ1) is 12.6. The van der Waals surface area contributed by atoms with Gasteiger partial charge in [-0.15, -0.1) is 0 Å². The van der Waals surface area contributed by atoms with Gasteiger partial charge in [0.05, 0.1) is 0 Å². The minimum atomic E-state index is 0.509. The highest BCUT2D eigenvalue weighted by Crippen LogP contribution is 2.40. The summed E-state index contributed by atoms with van der Waals surface area (Å²) in [5, 5.41) is 0. The van der Waals surface area contributed by atoms with Gasteiger partial charge in [-0.25, -0.2) is 0 Å². The lowest BCUT2D eigenvalue weighted by atomic mass is 9.87. The average Bonchev–Trinajstić information content (AvgIpc) is 2.88. The van der Waals surface area contributed by atoms with Crippen molar-refractivity contribution in [1.82, 2.24) is 4.90 Å². The van der Waals surface area contributed by atoms with Crippen LogP contribution in [-0.2, 0) is 13.0 Å². The summed E-state index contributed by atoms with van der Waals surface area (Å²) in [4.78, 5) is 2.66. The quantitative estimate of drug-likeness (QED) is 0.815. The van der Waals surface area contributed by atoms with Crippen LogP contribution in [0.15, 0.2) is 24.3 Å². The fourth-order valence-corrected chi connectivity index (χ4v) is 4.07. The first-order chi connectivity index (χ1) is 8.81. The van der Waals surface area contributed by atoms with Crippen molar-refractivity contribution >= 4 is 12.6 Å². The standard InChI is InChI=1S/C16H23NS/c18-13-16(8-3-4-9-16)12-17-10-7-14-5-1-2-6-15(14)11-17/h1-2,5-6,18H,3-4,7-13H2. The van der Waals surface area contributed by atoms with E-state index in [9.17, 15) is 0 Å². The molecule has 1 heterocycles. The van der Waals surface area contributed by atoms with Crippen LogP contribution in [0.4, 0.5) is 0 Å². The molecule has 1 nitrogen and oxygen atoms in total. The summed E-state index contributed by atoms with van der Waals surface area (Å²) in [5.41, 5.74) is 3.60. The van der Waals surface area contributed by atoms with Crippen molar-refractivity contribution in [2.75, 3.05) is 18.8 Å². The molecule has 1 aliphatic heterocycles. The van der Waals surface area contributed by atoms with Crippen molar-refractivity contribution in [3.8, 4) is 0 Å². The van der Waals surface area contributed by atoms with Crippen LogP contribution in [0.1, 0.15) is 36.8 Å². The second kappa shape index (κ2) is 5.26. The molecule has 1 saturated carbocycles. The van der Waals surface area contributed by atoms with Gasteiger partial charge in [-0.1, -0.05) is 37.1 Å². The predicted octanol–water partition coefficient (Wildman–Crippen LogP) is 3.53. The Morgan fingerprint density at radius 2 is 1.83 bits per heavy atom. The third kappa shape index (κ3) is 2.46. The number of hydrogen-bond donors (Lipinski definition) is 1. The Kier molecular flexibility index (Phi) is 3.67. The molecule has 0 bridgehead atoms. The summed E-state index contributed by atoms with van der Waals surface area (Å²) >= 11 is 4.63. The Morgan fingerprint density at radius 1 is 1.11 bits per heavy atom. The molecule has 98 valence electrons. The molecule has 0 aromatic heterocycles. The molecule has 0 radical (unpaired) electrons. The van der Waals surface area contributed by atoms with Gasteiger partial charge in [0.25, 0.3) is 0 Å². The lowest BCUT2D eigenvalue weighted by molar-refractivity contribution is 0.158. The van der Waals surface area contributed by atoms with Crippen LogP contribution in [0.5, 0.6) is 0 Å². The highest BCUT2D eigenvalue weighted by Gasteiger charge is 2.34. The monoisotopic (exact) mass is 261 g/mol. The zero-order valence-electron chi connectivity index (χ0n) is 11.1. The van der Waals surface area contributed by atoms with Gasteiger partial charge in [-0.2, -0.15) is 12.6 Å². The first-order valence-corrected chi connectivity index (χ1v) is 7.85. The van der Waals surface area contributed by atoms with Crippen LogP contribution in [0.3, 0.4) is 0 Å². The van der Waals surface area contributed by atoms with Crippen molar-refractivity contribution < 1.29 is 0 Å². The molecule has 0 spiro atoms. The molecule has 18 heavy (non-hydrogen) atoms. The van der Waals surface area contributed by atoms with E-state index in [2.05, 4.69) is 41.8 Å². The average molecular weight is 261 g/mol. The summed E-state index contributed by atoms with van der Waals surface area (Å²) < 4.78 is 0. The van der Waals surface area contributed by atoms with Gasteiger partial charge in [0, 0.05) is 19.6 Å². The van der Waals surface area contributed by atoms with Crippen molar-refractivity contribution in [2.24, 2.45) is 5.41 Å². The van der Waals surface area contributed by atoms with Crippen LogP contribution in [0.25, 0.3) is 0 Å². The third-order valence-corrected chi connectivity index (χ3v) is 5.44. The molecular formula is C16H23NS. The topological polar surface area (TPSA) is 3.24 Å². The largest absolute Gasteiger partial charge is 0.298 e. The lowest BCUT2D eigenvalue weighted by Crippen LogP contribution is -2.40. The molecular weight excluding hydrogens is 238 g/mol. The van der Waals surface area contributed by atoms with Crippen molar-refractivity contribution in [1.29, 1.82) is 0 Å². The normalized spacial score (nSPS) is 22.9. The highest BCUT2D eigenvalue weighted by molar-refractivity contribution is 7.80. The minimum Gasteiger partial charge on any atom is -0.298 e. The third-order valence-electron chi connectivity index (χ3n) is 4.77. The van der Waals surface area contributed by atoms with Crippen LogP contribution < -0.4 is 0 Å². The molecule has 1 aliphatic carbocycles. The highest BCUT2D eigenvalue weighted by atomic mass is 32.1. The molecule has 2 heteroatoms. The molecule has 0 atom stereocenters. The predicted molar refractivity (Wildman–Crippen MR) is 80.2 cm³/mol. The molecule has 3 rings (SSSR count). The minimum absolute atomic E-state index is 0.509. The Hall–Kier alpha value is -0.470. The Labute approximate surface area is 116 Å². The van der Waals surface area contributed by atoms with Gasteiger partial charge in [-0.3, -0.25) is 4.90 Å². The number of nitrogens with zero attached hydrogens (tertiary/aromatic N) is 1. The number of fused-ring (bicyclic) bond motifs is 1. The SMILES string of the molecule is SCC1(CN2CCc3ccccc3C2)CCCC1. The summed E-state index contributed by atoms with van der Waals surface area (Å²) in [6.45, 7) is 3.63. The maximum absolute atomic E-state index is 4.63. The molecule has 0 amide bonds. The van der Waals surface area contributed by atoms with Crippen LogP contribution in [0.2, 0.25) is 0 Å². The van der Waals surface area contributed by atoms with Gasteiger partial charge in [0.1, 0.15) is 0 Å². The molecule has 2 aliphatic rings. The van der Waals surface area contributed by atoms with Crippen molar-refractivity contribution in [2.45, 2.75) is 38.6 Å². The van der Waals surface area contributed by atoms with E-state index in [-0.39, 0.29) is 0 Å². The van der Waals surface area contributed by atoms with Gasteiger partial charge < -0.3 is 0 Å². The molecule has 1 aromatic rings. The fraction of sp³-hybridized carbons (Fsp3) is 0.625. The van der Waals surface area contributed by atoms with Crippen LogP contribution in [-0.4, -0.2) is 23.7 Å². The molecule has 1 fully saturated rings. The van der Waals surface area contributed by atoms with E-state index in [1.807, 2.05) is 0 Å². The Morgan fingerprint density at radius 3 is 2.56 bits per heavy atom. The Bertz CT molecular complexity index is 409. The lowest BCUT2D eigenvalue weighted by Gasteiger charge is -2.37. The van der Waals surface area contributed by atoms with E-state index in [0.29, 0.717) is 5.41 Å². The number of benzene rings is 1. The molecule has 0 N–H and O–H groups in total. The van der Waals surface area contributed by atoms with E-state index < -0.39 is 0 Å². The van der Waals surface area contributed by atoms with Gasteiger partial charge in [0.15, 0.2) is 0 Å². The summed E-state index contributed by atoms with van der Waals surface area (Å²) in [6, 6.07) is 8.92. The fourth-order valence-electron chi connectivity index (χ4n) is 3.65. The van der Waals surface area contributed by atoms with Gasteiger partial charge in [-0.05, 0) is 41.6 Å². The van der Waals surface area contributed by atoms with Crippen molar-refractivity contribution in [3.05, 3.63) is 35.4 Å². The van der Waals surface area contributed by atoms with Gasteiger partial charge in [0.2, 0.25) is 0 Å². The summed E-state index contributed by atoms with van der Waals surface area (Å²) in [5.74, 6) is 1.06.